The van der Waals surface area contributed by atoms with Crippen LogP contribution in [0.2, 0.25) is 0 Å². The molecular formula is C12H11F3N4. The average Bonchev–Trinajstić information content (AvgIpc) is 2.66. The molecule has 2 rings (SSSR count). The van der Waals surface area contributed by atoms with Gasteiger partial charge in [0.1, 0.15) is 5.82 Å². The van der Waals surface area contributed by atoms with E-state index in [1.54, 1.807) is 6.92 Å². The molecule has 19 heavy (non-hydrogen) atoms. The van der Waals surface area contributed by atoms with Crippen LogP contribution < -0.4 is 5.73 Å². The molecule has 0 aliphatic heterocycles. The first-order valence-electron chi connectivity index (χ1n) is 5.41. The van der Waals surface area contributed by atoms with Crippen LogP contribution in [0.1, 0.15) is 23.2 Å². The highest BCUT2D eigenvalue weighted by Gasteiger charge is 2.14. The highest BCUT2D eigenvalue weighted by atomic mass is 19.3. The second-order valence-corrected chi connectivity index (χ2v) is 3.87. The zero-order valence-corrected chi connectivity index (χ0v) is 10.0. The van der Waals surface area contributed by atoms with E-state index in [1.165, 1.54) is 16.9 Å². The molecule has 0 saturated heterocycles. The minimum atomic E-state index is -2.78. The summed E-state index contributed by atoms with van der Waals surface area (Å²) in [5.74, 6) is -0.666. The Morgan fingerprint density at radius 3 is 2.74 bits per heavy atom. The highest BCUT2D eigenvalue weighted by Crippen LogP contribution is 2.23. The van der Waals surface area contributed by atoms with Gasteiger partial charge in [0.2, 0.25) is 5.95 Å². The van der Waals surface area contributed by atoms with Crippen LogP contribution >= 0.6 is 0 Å². The Morgan fingerprint density at radius 1 is 1.42 bits per heavy atom. The SMILES string of the molecule is Cc1cn(N=Cc2c(F)cccc2C(F)F)c(N)n1. The van der Waals surface area contributed by atoms with Crippen LogP contribution in [-0.4, -0.2) is 15.9 Å². The first-order chi connectivity index (χ1) is 8.99. The normalized spacial score (nSPS) is 11.6. The molecule has 1 aromatic heterocycles. The van der Waals surface area contributed by atoms with Gasteiger partial charge in [-0.3, -0.25) is 0 Å². The minimum absolute atomic E-state index is 0.101. The summed E-state index contributed by atoms with van der Waals surface area (Å²) in [6, 6.07) is 3.47. The van der Waals surface area contributed by atoms with Gasteiger partial charge in [0, 0.05) is 11.1 Å². The van der Waals surface area contributed by atoms with Crippen molar-refractivity contribution in [3.8, 4) is 0 Å². The van der Waals surface area contributed by atoms with Gasteiger partial charge < -0.3 is 5.73 Å². The Hall–Kier alpha value is -2.31. The van der Waals surface area contributed by atoms with Crippen molar-refractivity contribution in [1.82, 2.24) is 9.66 Å². The summed E-state index contributed by atoms with van der Waals surface area (Å²) < 4.78 is 40.2. The second kappa shape index (κ2) is 5.13. The van der Waals surface area contributed by atoms with Crippen molar-refractivity contribution in [3.63, 3.8) is 0 Å². The molecule has 2 aromatic rings. The molecule has 4 nitrogen and oxygen atoms in total. The fourth-order valence-electron chi connectivity index (χ4n) is 1.60. The number of benzene rings is 1. The number of nitrogens with zero attached hydrogens (tertiary/aromatic N) is 3. The molecule has 0 radical (unpaired) electrons. The first-order valence-corrected chi connectivity index (χ1v) is 5.41. The third-order valence-corrected chi connectivity index (χ3v) is 2.47. The van der Waals surface area contributed by atoms with E-state index in [-0.39, 0.29) is 11.5 Å². The van der Waals surface area contributed by atoms with Crippen LogP contribution in [0.25, 0.3) is 0 Å². The molecule has 7 heteroatoms. The molecule has 1 heterocycles. The monoisotopic (exact) mass is 268 g/mol. The molecule has 100 valence electrons. The maximum atomic E-state index is 13.5. The number of aryl methyl sites for hydroxylation is 1. The lowest BCUT2D eigenvalue weighted by atomic mass is 10.1. The van der Waals surface area contributed by atoms with E-state index in [4.69, 9.17) is 5.73 Å². The lowest BCUT2D eigenvalue weighted by Gasteiger charge is -2.05. The number of anilines is 1. The Balaban J connectivity index is 2.40. The highest BCUT2D eigenvalue weighted by molar-refractivity contribution is 5.82. The van der Waals surface area contributed by atoms with Crippen LogP contribution in [0.4, 0.5) is 19.1 Å². The lowest BCUT2D eigenvalue weighted by Crippen LogP contribution is -2.01. The summed E-state index contributed by atoms with van der Waals surface area (Å²) in [6.45, 7) is 1.70. The number of nitrogen functional groups attached to an aromatic ring is 1. The van der Waals surface area contributed by atoms with E-state index in [2.05, 4.69) is 10.1 Å². The van der Waals surface area contributed by atoms with Crippen LogP contribution in [0.3, 0.4) is 0 Å². The predicted molar refractivity (Wildman–Crippen MR) is 65.7 cm³/mol. The number of rotatable bonds is 3. The smallest absolute Gasteiger partial charge is 0.264 e. The number of alkyl halides is 2. The van der Waals surface area contributed by atoms with E-state index < -0.39 is 17.8 Å². The molecule has 0 spiro atoms. The van der Waals surface area contributed by atoms with Gasteiger partial charge in [-0.15, -0.1) is 0 Å². The quantitative estimate of drug-likeness (QED) is 0.870. The lowest BCUT2D eigenvalue weighted by molar-refractivity contribution is 0.151. The number of nitrogens with two attached hydrogens (primary N) is 1. The van der Waals surface area contributed by atoms with Crippen molar-refractivity contribution >= 4 is 12.2 Å². The van der Waals surface area contributed by atoms with Crippen LogP contribution in [-0.2, 0) is 0 Å². The van der Waals surface area contributed by atoms with Crippen molar-refractivity contribution < 1.29 is 13.2 Å². The molecule has 0 saturated carbocycles. The number of aromatic nitrogens is 2. The molecule has 0 aliphatic carbocycles. The Morgan fingerprint density at radius 2 is 2.16 bits per heavy atom. The first kappa shape index (κ1) is 13.1. The fourth-order valence-corrected chi connectivity index (χ4v) is 1.60. The summed E-state index contributed by atoms with van der Waals surface area (Å²) in [7, 11) is 0. The zero-order chi connectivity index (χ0) is 14.0. The van der Waals surface area contributed by atoms with Crippen molar-refractivity contribution in [2.75, 3.05) is 5.73 Å². The maximum Gasteiger partial charge on any atom is 0.264 e. The molecule has 2 N–H and O–H groups in total. The Bertz CT molecular complexity index is 619. The Kier molecular flexibility index (Phi) is 3.55. The fraction of sp³-hybridized carbons (Fsp3) is 0.167. The summed E-state index contributed by atoms with van der Waals surface area (Å²) >= 11 is 0. The van der Waals surface area contributed by atoms with E-state index in [0.29, 0.717) is 5.69 Å². The number of hydrogen-bond donors (Lipinski definition) is 1. The number of imidazole rings is 1. The summed E-state index contributed by atoms with van der Waals surface area (Å²) in [4.78, 5) is 3.89. The topological polar surface area (TPSA) is 56.2 Å². The largest absolute Gasteiger partial charge is 0.368 e. The summed E-state index contributed by atoms with van der Waals surface area (Å²) in [5.41, 5.74) is 5.48. The minimum Gasteiger partial charge on any atom is -0.368 e. The van der Waals surface area contributed by atoms with Crippen molar-refractivity contribution in [3.05, 3.63) is 47.0 Å². The molecule has 0 bridgehead atoms. The molecule has 0 fully saturated rings. The van der Waals surface area contributed by atoms with Gasteiger partial charge in [0.25, 0.3) is 6.43 Å². The van der Waals surface area contributed by atoms with Gasteiger partial charge in [0.15, 0.2) is 0 Å². The Labute approximate surface area is 107 Å². The van der Waals surface area contributed by atoms with Crippen LogP contribution in [0.15, 0.2) is 29.5 Å². The molecule has 0 atom stereocenters. The second-order valence-electron chi connectivity index (χ2n) is 3.87. The number of halogens is 3. The molecular weight excluding hydrogens is 257 g/mol. The maximum absolute atomic E-state index is 13.5. The van der Waals surface area contributed by atoms with Gasteiger partial charge >= 0.3 is 0 Å². The third kappa shape index (κ3) is 2.75. The van der Waals surface area contributed by atoms with E-state index in [0.717, 1.165) is 18.3 Å². The zero-order valence-electron chi connectivity index (χ0n) is 10.0. The van der Waals surface area contributed by atoms with E-state index in [9.17, 15) is 13.2 Å². The van der Waals surface area contributed by atoms with Gasteiger partial charge in [-0.2, -0.15) is 5.10 Å². The van der Waals surface area contributed by atoms with Gasteiger partial charge in [-0.05, 0) is 13.0 Å². The van der Waals surface area contributed by atoms with Crippen LogP contribution in [0.5, 0.6) is 0 Å². The van der Waals surface area contributed by atoms with E-state index in [1.807, 2.05) is 0 Å². The molecule has 0 amide bonds. The van der Waals surface area contributed by atoms with Gasteiger partial charge in [-0.1, -0.05) is 12.1 Å². The van der Waals surface area contributed by atoms with Crippen LogP contribution in [0, 0.1) is 12.7 Å². The standard InChI is InChI=1S/C12H11F3N4/c1-7-6-19(12(16)18-7)17-5-9-8(11(14)15)3-2-4-10(9)13/h2-6,11H,1H3,(H2,16,18). The van der Waals surface area contributed by atoms with Gasteiger partial charge in [-0.25, -0.2) is 22.8 Å². The van der Waals surface area contributed by atoms with Crippen molar-refractivity contribution in [2.24, 2.45) is 5.10 Å². The number of hydrogen-bond acceptors (Lipinski definition) is 3. The molecule has 0 unspecified atom stereocenters. The summed E-state index contributed by atoms with van der Waals surface area (Å²) in [6.07, 6.45) is -0.262. The summed E-state index contributed by atoms with van der Waals surface area (Å²) in [5, 5.41) is 3.83. The molecule has 0 aliphatic rings. The van der Waals surface area contributed by atoms with Crippen molar-refractivity contribution in [1.29, 1.82) is 0 Å². The van der Waals surface area contributed by atoms with Crippen molar-refractivity contribution in [2.45, 2.75) is 13.3 Å². The van der Waals surface area contributed by atoms with E-state index >= 15 is 0 Å². The predicted octanol–water partition coefficient (Wildman–Crippen LogP) is 2.73. The van der Waals surface area contributed by atoms with Gasteiger partial charge in [0.05, 0.1) is 18.1 Å². The molecule has 1 aromatic carbocycles. The third-order valence-electron chi connectivity index (χ3n) is 2.47. The average molecular weight is 268 g/mol.